The van der Waals surface area contributed by atoms with Gasteiger partial charge in [-0.15, -0.1) is 0 Å². The second-order valence-electron chi connectivity index (χ2n) is 6.81. The molecule has 2 fully saturated rings. The van der Waals surface area contributed by atoms with Gasteiger partial charge in [0.25, 0.3) is 0 Å². The predicted molar refractivity (Wildman–Crippen MR) is 74.1 cm³/mol. The van der Waals surface area contributed by atoms with Crippen molar-refractivity contribution in [3.63, 3.8) is 0 Å². The van der Waals surface area contributed by atoms with Crippen LogP contribution >= 0.6 is 0 Å². The van der Waals surface area contributed by atoms with E-state index in [-0.39, 0.29) is 11.9 Å². The Bertz CT molecular complexity index is 295. The van der Waals surface area contributed by atoms with E-state index in [1.807, 2.05) is 0 Å². The van der Waals surface area contributed by atoms with Crippen molar-refractivity contribution in [2.75, 3.05) is 13.1 Å². The Morgan fingerprint density at radius 3 is 2.61 bits per heavy atom. The minimum absolute atomic E-state index is 0.191. The number of nitrogens with zero attached hydrogens (tertiary/aromatic N) is 1. The van der Waals surface area contributed by atoms with E-state index in [0.29, 0.717) is 5.41 Å². The zero-order valence-electron chi connectivity index (χ0n) is 12.0. The highest BCUT2D eigenvalue weighted by molar-refractivity contribution is 5.82. The first-order valence-electron chi connectivity index (χ1n) is 7.57. The number of rotatable bonds is 4. The number of hydrogen-bond donors (Lipinski definition) is 1. The van der Waals surface area contributed by atoms with Crippen LogP contribution in [0.3, 0.4) is 0 Å². The third-order valence-corrected chi connectivity index (χ3v) is 4.60. The van der Waals surface area contributed by atoms with Crippen molar-refractivity contribution in [1.29, 1.82) is 0 Å². The van der Waals surface area contributed by atoms with Gasteiger partial charge in [0.1, 0.15) is 0 Å². The molecule has 0 radical (unpaired) electrons. The highest BCUT2D eigenvalue weighted by atomic mass is 16.2. The summed E-state index contributed by atoms with van der Waals surface area (Å²) in [6, 6.07) is -0.240. The Labute approximate surface area is 111 Å². The fraction of sp³-hybridized carbons (Fsp3) is 0.933. The summed E-state index contributed by atoms with van der Waals surface area (Å²) in [5, 5.41) is 0. The Kier molecular flexibility index (Phi) is 4.31. The summed E-state index contributed by atoms with van der Waals surface area (Å²) in [5.41, 5.74) is 6.29. The molecule has 2 N–H and O–H groups in total. The van der Waals surface area contributed by atoms with Gasteiger partial charge in [-0.2, -0.15) is 0 Å². The molecular weight excluding hydrogens is 224 g/mol. The molecule has 1 amide bonds. The highest BCUT2D eigenvalue weighted by Crippen LogP contribution is 2.44. The molecule has 0 aromatic heterocycles. The topological polar surface area (TPSA) is 46.3 Å². The van der Waals surface area contributed by atoms with Crippen molar-refractivity contribution < 1.29 is 4.79 Å². The van der Waals surface area contributed by atoms with Crippen LogP contribution in [0.15, 0.2) is 0 Å². The van der Waals surface area contributed by atoms with E-state index in [9.17, 15) is 4.79 Å². The molecule has 0 bridgehead atoms. The lowest BCUT2D eigenvalue weighted by molar-refractivity contribution is -0.136. The Hall–Kier alpha value is -0.570. The SMILES string of the molecule is CC(C)CC1(CN2CCCC(N)C2=O)CCCC1. The van der Waals surface area contributed by atoms with Crippen LogP contribution in [0.25, 0.3) is 0 Å². The van der Waals surface area contributed by atoms with Crippen LogP contribution in [0, 0.1) is 11.3 Å². The van der Waals surface area contributed by atoms with Gasteiger partial charge in [0.2, 0.25) is 5.91 Å². The van der Waals surface area contributed by atoms with E-state index < -0.39 is 0 Å². The average Bonchev–Trinajstić information content (AvgIpc) is 2.72. The molecule has 104 valence electrons. The molecule has 2 rings (SSSR count). The van der Waals surface area contributed by atoms with E-state index in [2.05, 4.69) is 18.7 Å². The largest absolute Gasteiger partial charge is 0.341 e. The zero-order chi connectivity index (χ0) is 13.2. The van der Waals surface area contributed by atoms with Gasteiger partial charge < -0.3 is 10.6 Å². The van der Waals surface area contributed by atoms with E-state index in [1.54, 1.807) is 0 Å². The molecule has 0 spiro atoms. The highest BCUT2D eigenvalue weighted by Gasteiger charge is 2.38. The fourth-order valence-corrected chi connectivity index (χ4v) is 3.95. The molecule has 18 heavy (non-hydrogen) atoms. The van der Waals surface area contributed by atoms with Crippen LogP contribution in [0.1, 0.15) is 58.8 Å². The summed E-state index contributed by atoms with van der Waals surface area (Å²) in [4.78, 5) is 14.2. The fourth-order valence-electron chi connectivity index (χ4n) is 3.95. The average molecular weight is 252 g/mol. The van der Waals surface area contributed by atoms with E-state index in [0.717, 1.165) is 31.8 Å². The second kappa shape index (κ2) is 5.60. The van der Waals surface area contributed by atoms with Gasteiger partial charge in [-0.25, -0.2) is 0 Å². The predicted octanol–water partition coefficient (Wildman–Crippen LogP) is 2.54. The van der Waals surface area contributed by atoms with Gasteiger partial charge in [0, 0.05) is 13.1 Å². The maximum absolute atomic E-state index is 12.1. The molecule has 1 atom stereocenters. The summed E-state index contributed by atoms with van der Waals surface area (Å²) in [6.07, 6.45) is 8.46. The second-order valence-corrected chi connectivity index (χ2v) is 6.81. The number of amides is 1. The van der Waals surface area contributed by atoms with E-state index in [4.69, 9.17) is 5.73 Å². The normalized spacial score (nSPS) is 28.1. The Morgan fingerprint density at radius 1 is 1.33 bits per heavy atom. The van der Waals surface area contributed by atoms with Crippen LogP contribution in [0.5, 0.6) is 0 Å². The van der Waals surface area contributed by atoms with Crippen LogP contribution in [-0.4, -0.2) is 29.9 Å². The zero-order valence-corrected chi connectivity index (χ0v) is 12.0. The smallest absolute Gasteiger partial charge is 0.239 e. The number of piperidine rings is 1. The molecule has 3 heteroatoms. The number of hydrogen-bond acceptors (Lipinski definition) is 2. The van der Waals surface area contributed by atoms with Crippen LogP contribution in [0.4, 0.5) is 0 Å². The number of nitrogens with two attached hydrogens (primary N) is 1. The first-order chi connectivity index (χ1) is 8.52. The maximum Gasteiger partial charge on any atom is 0.239 e. The van der Waals surface area contributed by atoms with Gasteiger partial charge in [-0.05, 0) is 43.4 Å². The summed E-state index contributed by atoms with van der Waals surface area (Å²) >= 11 is 0. The molecule has 1 aliphatic heterocycles. The molecule has 0 aromatic carbocycles. The van der Waals surface area contributed by atoms with Crippen molar-refractivity contribution in [2.24, 2.45) is 17.1 Å². The van der Waals surface area contributed by atoms with E-state index in [1.165, 1.54) is 32.1 Å². The number of carbonyl (C=O) groups is 1. The summed E-state index contributed by atoms with van der Waals surface area (Å²) in [7, 11) is 0. The lowest BCUT2D eigenvalue weighted by atomic mass is 9.77. The maximum atomic E-state index is 12.1. The van der Waals surface area contributed by atoms with Gasteiger partial charge in [-0.3, -0.25) is 4.79 Å². The summed E-state index contributed by atoms with van der Waals surface area (Å²) < 4.78 is 0. The monoisotopic (exact) mass is 252 g/mol. The third-order valence-electron chi connectivity index (χ3n) is 4.60. The first-order valence-corrected chi connectivity index (χ1v) is 7.57. The van der Waals surface area contributed by atoms with Crippen molar-refractivity contribution in [3.8, 4) is 0 Å². The number of likely N-dealkylation sites (tertiary alicyclic amines) is 1. The van der Waals surface area contributed by atoms with Crippen molar-refractivity contribution in [3.05, 3.63) is 0 Å². The molecule has 0 aromatic rings. The van der Waals surface area contributed by atoms with Crippen molar-refractivity contribution in [1.82, 2.24) is 4.90 Å². The molecule has 1 unspecified atom stereocenters. The van der Waals surface area contributed by atoms with Crippen LogP contribution in [-0.2, 0) is 4.79 Å². The summed E-state index contributed by atoms with van der Waals surface area (Å²) in [6.45, 7) is 6.47. The molecule has 1 heterocycles. The van der Waals surface area contributed by atoms with Crippen LogP contribution in [0.2, 0.25) is 0 Å². The third kappa shape index (κ3) is 3.05. The van der Waals surface area contributed by atoms with Gasteiger partial charge >= 0.3 is 0 Å². The standard InChI is InChI=1S/C15H28N2O/c1-12(2)10-15(7-3-4-8-15)11-17-9-5-6-13(16)14(17)18/h12-13H,3-11,16H2,1-2H3. The molecule has 1 saturated carbocycles. The van der Waals surface area contributed by atoms with Gasteiger partial charge in [0.15, 0.2) is 0 Å². The van der Waals surface area contributed by atoms with Crippen LogP contribution < -0.4 is 5.73 Å². The molecular formula is C15H28N2O. The molecule has 1 aliphatic carbocycles. The summed E-state index contributed by atoms with van der Waals surface area (Å²) in [5.74, 6) is 0.910. The van der Waals surface area contributed by atoms with Gasteiger partial charge in [-0.1, -0.05) is 26.7 Å². The first kappa shape index (κ1) is 13.9. The molecule has 1 saturated heterocycles. The lowest BCUT2D eigenvalue weighted by Gasteiger charge is -2.39. The Balaban J connectivity index is 2.02. The van der Waals surface area contributed by atoms with Crippen molar-refractivity contribution >= 4 is 5.91 Å². The lowest BCUT2D eigenvalue weighted by Crippen LogP contribution is -2.51. The molecule has 2 aliphatic rings. The van der Waals surface area contributed by atoms with Gasteiger partial charge in [0.05, 0.1) is 6.04 Å². The Morgan fingerprint density at radius 2 is 2.00 bits per heavy atom. The van der Waals surface area contributed by atoms with E-state index >= 15 is 0 Å². The molecule has 3 nitrogen and oxygen atoms in total. The van der Waals surface area contributed by atoms with Crippen molar-refractivity contribution in [2.45, 2.75) is 64.8 Å². The number of carbonyl (C=O) groups excluding carboxylic acids is 1. The minimum atomic E-state index is -0.240. The quantitative estimate of drug-likeness (QED) is 0.835. The minimum Gasteiger partial charge on any atom is -0.341 e.